The summed E-state index contributed by atoms with van der Waals surface area (Å²) in [4.78, 5) is 12.2. The van der Waals surface area contributed by atoms with E-state index in [0.29, 0.717) is 5.02 Å². The second-order valence-electron chi connectivity index (χ2n) is 6.07. The Hall–Kier alpha value is -2.22. The lowest BCUT2D eigenvalue weighted by molar-refractivity contribution is -0.124. The van der Waals surface area contributed by atoms with E-state index in [1.807, 2.05) is 25.1 Å². The molecule has 3 atom stereocenters. The maximum absolute atomic E-state index is 13.2. The lowest BCUT2D eigenvalue weighted by Crippen LogP contribution is -2.47. The van der Waals surface area contributed by atoms with E-state index in [1.54, 1.807) is 6.07 Å². The third-order valence-corrected chi connectivity index (χ3v) is 4.41. The van der Waals surface area contributed by atoms with Crippen LogP contribution in [0, 0.1) is 11.6 Å². The summed E-state index contributed by atoms with van der Waals surface area (Å²) in [6, 6.07) is 10.6. The SMILES string of the molecule is CC1NNC(NC(=O)COc2ccc(F)c(F)c2)C1c1cccc(Cl)c1. The first-order chi connectivity index (χ1) is 12.4. The van der Waals surface area contributed by atoms with Crippen LogP contribution in [0.15, 0.2) is 42.5 Å². The van der Waals surface area contributed by atoms with Gasteiger partial charge in [-0.2, -0.15) is 0 Å². The summed E-state index contributed by atoms with van der Waals surface area (Å²) in [6.45, 7) is 1.67. The van der Waals surface area contributed by atoms with Crippen molar-refractivity contribution >= 4 is 17.5 Å². The average Bonchev–Trinajstić information content (AvgIpc) is 2.96. The van der Waals surface area contributed by atoms with Gasteiger partial charge in [-0.15, -0.1) is 0 Å². The lowest BCUT2D eigenvalue weighted by atomic mass is 9.91. The minimum atomic E-state index is -1.03. The summed E-state index contributed by atoms with van der Waals surface area (Å²) in [5, 5.41) is 3.44. The van der Waals surface area contributed by atoms with Gasteiger partial charge in [0.25, 0.3) is 5.91 Å². The van der Waals surface area contributed by atoms with E-state index in [2.05, 4.69) is 16.2 Å². The number of halogens is 3. The fourth-order valence-electron chi connectivity index (χ4n) is 2.94. The number of hydrazine groups is 1. The molecule has 0 bridgehead atoms. The summed E-state index contributed by atoms with van der Waals surface area (Å²) in [5.41, 5.74) is 7.10. The van der Waals surface area contributed by atoms with E-state index in [4.69, 9.17) is 16.3 Å². The number of carbonyl (C=O) groups is 1. The number of rotatable bonds is 5. The minimum Gasteiger partial charge on any atom is -0.484 e. The van der Waals surface area contributed by atoms with Crippen LogP contribution in [-0.4, -0.2) is 24.7 Å². The molecule has 138 valence electrons. The van der Waals surface area contributed by atoms with E-state index in [0.717, 1.165) is 17.7 Å². The van der Waals surface area contributed by atoms with E-state index in [9.17, 15) is 13.6 Å². The van der Waals surface area contributed by atoms with Gasteiger partial charge in [-0.05, 0) is 36.8 Å². The quantitative estimate of drug-likeness (QED) is 0.745. The maximum Gasteiger partial charge on any atom is 0.259 e. The smallest absolute Gasteiger partial charge is 0.259 e. The van der Waals surface area contributed by atoms with Gasteiger partial charge in [-0.25, -0.2) is 14.2 Å². The normalized spacial score (nSPS) is 22.2. The fraction of sp³-hybridized carbons (Fsp3) is 0.278. The van der Waals surface area contributed by atoms with Crippen LogP contribution in [0.3, 0.4) is 0 Å². The number of hydrogen-bond acceptors (Lipinski definition) is 4. The van der Waals surface area contributed by atoms with Gasteiger partial charge in [-0.3, -0.25) is 10.2 Å². The highest BCUT2D eigenvalue weighted by molar-refractivity contribution is 6.30. The molecule has 0 aromatic heterocycles. The Kier molecular flexibility index (Phi) is 5.70. The van der Waals surface area contributed by atoms with Crippen LogP contribution in [0.5, 0.6) is 5.75 Å². The number of ether oxygens (including phenoxy) is 1. The van der Waals surface area contributed by atoms with Crippen molar-refractivity contribution in [2.24, 2.45) is 0 Å². The largest absolute Gasteiger partial charge is 0.484 e. The van der Waals surface area contributed by atoms with Gasteiger partial charge < -0.3 is 10.1 Å². The van der Waals surface area contributed by atoms with Gasteiger partial charge in [0.1, 0.15) is 11.9 Å². The Labute approximate surface area is 154 Å². The first-order valence-electron chi connectivity index (χ1n) is 8.08. The lowest BCUT2D eigenvalue weighted by Gasteiger charge is -2.22. The van der Waals surface area contributed by atoms with Crippen LogP contribution < -0.4 is 20.9 Å². The molecule has 0 radical (unpaired) electrons. The van der Waals surface area contributed by atoms with E-state index in [-0.39, 0.29) is 30.5 Å². The van der Waals surface area contributed by atoms with Gasteiger partial charge >= 0.3 is 0 Å². The van der Waals surface area contributed by atoms with Crippen molar-refractivity contribution in [1.29, 1.82) is 0 Å². The summed E-state index contributed by atoms with van der Waals surface area (Å²) < 4.78 is 31.3. The van der Waals surface area contributed by atoms with Crippen LogP contribution in [0.4, 0.5) is 8.78 Å². The zero-order chi connectivity index (χ0) is 18.7. The van der Waals surface area contributed by atoms with Crippen LogP contribution in [0.2, 0.25) is 5.02 Å². The molecule has 1 heterocycles. The third kappa shape index (κ3) is 4.30. The molecule has 1 aliphatic heterocycles. The Balaban J connectivity index is 1.61. The molecular weight excluding hydrogens is 364 g/mol. The molecule has 3 rings (SSSR count). The topological polar surface area (TPSA) is 62.4 Å². The molecule has 1 aliphatic rings. The van der Waals surface area contributed by atoms with E-state index >= 15 is 0 Å². The molecule has 2 aromatic carbocycles. The third-order valence-electron chi connectivity index (χ3n) is 4.18. The van der Waals surface area contributed by atoms with Crippen LogP contribution in [0.1, 0.15) is 18.4 Å². The molecule has 3 N–H and O–H groups in total. The van der Waals surface area contributed by atoms with Gasteiger partial charge in [0.2, 0.25) is 0 Å². The van der Waals surface area contributed by atoms with Crippen LogP contribution in [0.25, 0.3) is 0 Å². The average molecular weight is 382 g/mol. The highest BCUT2D eigenvalue weighted by atomic mass is 35.5. The molecule has 0 saturated carbocycles. The molecule has 1 fully saturated rings. The van der Waals surface area contributed by atoms with Crippen molar-refractivity contribution in [2.45, 2.75) is 25.0 Å². The first kappa shape index (κ1) is 18.6. The van der Waals surface area contributed by atoms with Crippen molar-refractivity contribution in [2.75, 3.05) is 6.61 Å². The molecule has 8 heteroatoms. The molecular formula is C18H18ClF2N3O2. The number of benzene rings is 2. The predicted octanol–water partition coefficient (Wildman–Crippen LogP) is 2.72. The Bertz CT molecular complexity index is 806. The molecule has 2 aromatic rings. The summed E-state index contributed by atoms with van der Waals surface area (Å²) in [6.07, 6.45) is -0.371. The van der Waals surface area contributed by atoms with Crippen LogP contribution in [-0.2, 0) is 4.79 Å². The second-order valence-corrected chi connectivity index (χ2v) is 6.50. The second kappa shape index (κ2) is 7.99. The Morgan fingerprint density at radius 3 is 2.73 bits per heavy atom. The maximum atomic E-state index is 13.2. The standard InChI is InChI=1S/C18H18ClF2N3O2/c1-10-17(11-3-2-4-12(19)7-11)18(24-23-10)22-16(25)9-26-13-5-6-14(20)15(21)8-13/h2-8,10,17-18,23-24H,9H2,1H3,(H,22,25). The summed E-state index contributed by atoms with van der Waals surface area (Å²) >= 11 is 6.06. The highest BCUT2D eigenvalue weighted by Crippen LogP contribution is 2.27. The summed E-state index contributed by atoms with van der Waals surface area (Å²) in [7, 11) is 0. The monoisotopic (exact) mass is 381 g/mol. The zero-order valence-electron chi connectivity index (χ0n) is 13.9. The molecule has 26 heavy (non-hydrogen) atoms. The highest BCUT2D eigenvalue weighted by Gasteiger charge is 2.35. The molecule has 0 aliphatic carbocycles. The Morgan fingerprint density at radius 1 is 1.19 bits per heavy atom. The summed E-state index contributed by atoms with van der Waals surface area (Å²) in [5.74, 6) is -2.35. The van der Waals surface area contributed by atoms with Crippen LogP contribution >= 0.6 is 11.6 Å². The van der Waals surface area contributed by atoms with Crippen molar-refractivity contribution in [1.82, 2.24) is 16.2 Å². The van der Waals surface area contributed by atoms with E-state index < -0.39 is 17.5 Å². The van der Waals surface area contributed by atoms with Gasteiger partial charge in [-0.1, -0.05) is 23.7 Å². The molecule has 1 amide bonds. The number of carbonyl (C=O) groups excluding carboxylic acids is 1. The van der Waals surface area contributed by atoms with Crippen molar-refractivity contribution < 1.29 is 18.3 Å². The number of hydrogen-bond donors (Lipinski definition) is 3. The predicted molar refractivity (Wildman–Crippen MR) is 93.7 cm³/mol. The van der Waals surface area contributed by atoms with Gasteiger partial charge in [0.05, 0.1) is 0 Å². The molecule has 0 spiro atoms. The first-order valence-corrected chi connectivity index (χ1v) is 8.45. The molecule has 3 unspecified atom stereocenters. The van der Waals surface area contributed by atoms with Crippen molar-refractivity contribution in [3.63, 3.8) is 0 Å². The number of nitrogens with one attached hydrogen (secondary N) is 3. The fourth-order valence-corrected chi connectivity index (χ4v) is 3.14. The van der Waals surface area contributed by atoms with E-state index in [1.165, 1.54) is 6.07 Å². The molecule has 1 saturated heterocycles. The molecule has 5 nitrogen and oxygen atoms in total. The minimum absolute atomic E-state index is 0.0408. The zero-order valence-corrected chi connectivity index (χ0v) is 14.7. The van der Waals surface area contributed by atoms with Crippen molar-refractivity contribution in [3.05, 3.63) is 64.7 Å². The van der Waals surface area contributed by atoms with Gasteiger partial charge in [0.15, 0.2) is 18.2 Å². The van der Waals surface area contributed by atoms with Gasteiger partial charge in [0, 0.05) is 23.0 Å². The Morgan fingerprint density at radius 2 is 2.00 bits per heavy atom. The van der Waals surface area contributed by atoms with Crippen molar-refractivity contribution in [3.8, 4) is 5.75 Å². The number of amides is 1.